The highest BCUT2D eigenvalue weighted by molar-refractivity contribution is 6.31. The quantitative estimate of drug-likeness (QED) is 0.872. The van der Waals surface area contributed by atoms with Crippen molar-refractivity contribution in [1.82, 2.24) is 0 Å². The second kappa shape index (κ2) is 6.13. The van der Waals surface area contributed by atoms with Crippen LogP contribution in [0.25, 0.3) is 0 Å². The molecule has 1 aromatic carbocycles. The first kappa shape index (κ1) is 14.0. The summed E-state index contributed by atoms with van der Waals surface area (Å²) < 4.78 is 5.74. The van der Waals surface area contributed by atoms with Crippen LogP contribution in [0.15, 0.2) is 34.7 Å². The first-order valence-corrected chi connectivity index (χ1v) is 6.83. The molecule has 0 amide bonds. The van der Waals surface area contributed by atoms with Crippen molar-refractivity contribution >= 4 is 17.3 Å². The average Bonchev–Trinajstić information content (AvgIpc) is 2.88. The number of nitrogens with two attached hydrogens (primary N) is 1. The van der Waals surface area contributed by atoms with Gasteiger partial charge in [0.05, 0.1) is 6.04 Å². The number of anilines is 1. The Hall–Kier alpha value is -1.45. The van der Waals surface area contributed by atoms with E-state index in [4.69, 9.17) is 21.8 Å². The summed E-state index contributed by atoms with van der Waals surface area (Å²) in [7, 11) is 0. The predicted octanol–water partition coefficient (Wildman–Crippen LogP) is 3.92. The smallest absolute Gasteiger partial charge is 0.127 e. The molecular weight excluding hydrogens is 260 g/mol. The van der Waals surface area contributed by atoms with Gasteiger partial charge in [0.1, 0.15) is 11.5 Å². The molecule has 0 radical (unpaired) electrons. The van der Waals surface area contributed by atoms with E-state index in [1.807, 2.05) is 37.3 Å². The summed E-state index contributed by atoms with van der Waals surface area (Å²) >= 11 is 6.12. The summed E-state index contributed by atoms with van der Waals surface area (Å²) in [5.41, 5.74) is 7.82. The summed E-state index contributed by atoms with van der Waals surface area (Å²) in [6.45, 7) is 4.50. The molecule has 0 fully saturated rings. The third-order valence-electron chi connectivity index (χ3n) is 3.12. The molecule has 0 aliphatic rings. The molecule has 1 heterocycles. The second-order valence-electron chi connectivity index (χ2n) is 4.55. The van der Waals surface area contributed by atoms with Gasteiger partial charge in [-0.2, -0.15) is 0 Å². The minimum absolute atomic E-state index is 0.0425. The average molecular weight is 279 g/mol. The van der Waals surface area contributed by atoms with E-state index < -0.39 is 0 Å². The SMILES string of the molecule is CCc1ccc(C(CN)Nc2ccc(C)c(Cl)c2)o1. The molecule has 2 rings (SSSR count). The fourth-order valence-electron chi connectivity index (χ4n) is 1.90. The molecule has 0 spiro atoms. The lowest BCUT2D eigenvalue weighted by Gasteiger charge is -2.16. The van der Waals surface area contributed by atoms with Crippen molar-refractivity contribution in [3.8, 4) is 0 Å². The zero-order chi connectivity index (χ0) is 13.8. The Balaban J connectivity index is 2.16. The molecule has 19 heavy (non-hydrogen) atoms. The Labute approximate surface area is 118 Å². The van der Waals surface area contributed by atoms with Gasteiger partial charge in [0.15, 0.2) is 0 Å². The van der Waals surface area contributed by atoms with E-state index in [0.29, 0.717) is 6.54 Å². The number of rotatable bonds is 5. The lowest BCUT2D eigenvalue weighted by Crippen LogP contribution is -2.20. The Morgan fingerprint density at radius 1 is 1.32 bits per heavy atom. The fraction of sp³-hybridized carbons (Fsp3) is 0.333. The number of hydrogen-bond acceptors (Lipinski definition) is 3. The molecule has 4 heteroatoms. The first-order chi connectivity index (χ1) is 9.13. The summed E-state index contributed by atoms with van der Waals surface area (Å²) in [5, 5.41) is 4.09. The zero-order valence-corrected chi connectivity index (χ0v) is 12.0. The topological polar surface area (TPSA) is 51.2 Å². The Kier molecular flexibility index (Phi) is 4.51. The molecule has 2 aromatic rings. The van der Waals surface area contributed by atoms with Crippen molar-refractivity contribution in [2.45, 2.75) is 26.3 Å². The van der Waals surface area contributed by atoms with Gasteiger partial charge in [-0.25, -0.2) is 0 Å². The van der Waals surface area contributed by atoms with Crippen LogP contribution in [-0.2, 0) is 6.42 Å². The number of furan rings is 1. The summed E-state index contributed by atoms with van der Waals surface area (Å²) in [6.07, 6.45) is 0.883. The van der Waals surface area contributed by atoms with Crippen molar-refractivity contribution in [2.24, 2.45) is 5.73 Å². The van der Waals surface area contributed by atoms with Gasteiger partial charge in [-0.15, -0.1) is 0 Å². The van der Waals surface area contributed by atoms with E-state index in [0.717, 1.165) is 34.2 Å². The number of aryl methyl sites for hydroxylation is 2. The Morgan fingerprint density at radius 2 is 2.11 bits per heavy atom. The van der Waals surface area contributed by atoms with Crippen LogP contribution in [0.2, 0.25) is 5.02 Å². The zero-order valence-electron chi connectivity index (χ0n) is 11.2. The molecule has 0 aliphatic heterocycles. The van der Waals surface area contributed by atoms with Crippen molar-refractivity contribution in [3.63, 3.8) is 0 Å². The highest BCUT2D eigenvalue weighted by Crippen LogP contribution is 2.25. The predicted molar refractivity (Wildman–Crippen MR) is 79.7 cm³/mol. The summed E-state index contributed by atoms with van der Waals surface area (Å²) in [6, 6.07) is 9.80. The van der Waals surface area contributed by atoms with E-state index >= 15 is 0 Å². The maximum Gasteiger partial charge on any atom is 0.127 e. The van der Waals surface area contributed by atoms with E-state index in [9.17, 15) is 0 Å². The van der Waals surface area contributed by atoms with Gasteiger partial charge in [-0.3, -0.25) is 0 Å². The normalized spacial score (nSPS) is 12.4. The lowest BCUT2D eigenvalue weighted by molar-refractivity contribution is 0.448. The van der Waals surface area contributed by atoms with Gasteiger partial charge >= 0.3 is 0 Å². The molecule has 0 saturated carbocycles. The van der Waals surface area contributed by atoms with Gasteiger partial charge in [-0.1, -0.05) is 24.6 Å². The van der Waals surface area contributed by atoms with Gasteiger partial charge in [0, 0.05) is 23.7 Å². The fourth-order valence-corrected chi connectivity index (χ4v) is 2.08. The minimum Gasteiger partial charge on any atom is -0.464 e. The van der Waals surface area contributed by atoms with Crippen LogP contribution in [0, 0.1) is 6.92 Å². The van der Waals surface area contributed by atoms with Crippen molar-refractivity contribution in [1.29, 1.82) is 0 Å². The molecule has 3 N–H and O–H groups in total. The van der Waals surface area contributed by atoms with E-state index in [2.05, 4.69) is 12.2 Å². The van der Waals surface area contributed by atoms with Gasteiger partial charge in [0.25, 0.3) is 0 Å². The third-order valence-corrected chi connectivity index (χ3v) is 3.53. The van der Waals surface area contributed by atoms with E-state index in [1.165, 1.54) is 0 Å². The maximum atomic E-state index is 6.12. The Morgan fingerprint density at radius 3 is 2.68 bits per heavy atom. The highest BCUT2D eigenvalue weighted by atomic mass is 35.5. The van der Waals surface area contributed by atoms with E-state index in [-0.39, 0.29) is 6.04 Å². The largest absolute Gasteiger partial charge is 0.464 e. The van der Waals surface area contributed by atoms with Crippen molar-refractivity contribution < 1.29 is 4.42 Å². The maximum absolute atomic E-state index is 6.12. The molecule has 1 aromatic heterocycles. The molecule has 0 saturated heterocycles. The van der Waals surface area contributed by atoms with Crippen molar-refractivity contribution in [3.05, 3.63) is 52.4 Å². The molecule has 1 unspecified atom stereocenters. The van der Waals surface area contributed by atoms with Gasteiger partial charge < -0.3 is 15.5 Å². The Bertz CT molecular complexity index is 551. The minimum atomic E-state index is -0.0425. The summed E-state index contributed by atoms with van der Waals surface area (Å²) in [5.74, 6) is 1.83. The van der Waals surface area contributed by atoms with Crippen LogP contribution in [0.4, 0.5) is 5.69 Å². The van der Waals surface area contributed by atoms with Gasteiger partial charge in [-0.05, 0) is 36.8 Å². The third kappa shape index (κ3) is 3.31. The van der Waals surface area contributed by atoms with Crippen LogP contribution in [0.1, 0.15) is 30.0 Å². The number of benzene rings is 1. The number of nitrogens with one attached hydrogen (secondary N) is 1. The first-order valence-electron chi connectivity index (χ1n) is 6.45. The lowest BCUT2D eigenvalue weighted by atomic mass is 10.2. The number of hydrogen-bond donors (Lipinski definition) is 2. The molecule has 102 valence electrons. The van der Waals surface area contributed by atoms with E-state index in [1.54, 1.807) is 0 Å². The van der Waals surface area contributed by atoms with Crippen LogP contribution in [0.3, 0.4) is 0 Å². The van der Waals surface area contributed by atoms with Gasteiger partial charge in [0.2, 0.25) is 0 Å². The molecule has 3 nitrogen and oxygen atoms in total. The summed E-state index contributed by atoms with van der Waals surface area (Å²) in [4.78, 5) is 0. The molecule has 0 aliphatic carbocycles. The van der Waals surface area contributed by atoms with Crippen LogP contribution < -0.4 is 11.1 Å². The highest BCUT2D eigenvalue weighted by Gasteiger charge is 2.14. The van der Waals surface area contributed by atoms with Crippen molar-refractivity contribution in [2.75, 3.05) is 11.9 Å². The van der Waals surface area contributed by atoms with Crippen LogP contribution >= 0.6 is 11.6 Å². The number of halogens is 1. The molecule has 1 atom stereocenters. The standard InChI is InChI=1S/C15H19ClN2O/c1-3-12-6-7-15(19-12)14(9-17)18-11-5-4-10(2)13(16)8-11/h4-8,14,18H,3,9,17H2,1-2H3. The van der Waals surface area contributed by atoms with Crippen LogP contribution in [-0.4, -0.2) is 6.54 Å². The molecule has 0 bridgehead atoms. The second-order valence-corrected chi connectivity index (χ2v) is 4.96. The molecular formula is C15H19ClN2O. The monoisotopic (exact) mass is 278 g/mol. The van der Waals surface area contributed by atoms with Crippen LogP contribution in [0.5, 0.6) is 0 Å².